The van der Waals surface area contributed by atoms with Crippen molar-refractivity contribution in [1.29, 1.82) is 0 Å². The van der Waals surface area contributed by atoms with Crippen molar-refractivity contribution in [3.05, 3.63) is 62.6 Å². The Hall–Kier alpha value is -2.22. The molecule has 1 aliphatic rings. The summed E-state index contributed by atoms with van der Waals surface area (Å²) in [6, 6.07) is 2.98. The van der Waals surface area contributed by atoms with Crippen LogP contribution in [0.25, 0.3) is 0 Å². The van der Waals surface area contributed by atoms with Gasteiger partial charge in [0.25, 0.3) is 5.56 Å². The van der Waals surface area contributed by atoms with E-state index >= 15 is 0 Å². The standard InChI is InChI=1S/C16H15F4N3O/c1-9-21-14-4-5-23(8-11(14)15(24)22-9)7-10-2-3-13(17)12(6-10)16(18,19)20/h2-3,6H,4-5,7-8H2,1H3,(H,21,22,24). The molecular formula is C16H15F4N3O. The van der Waals surface area contributed by atoms with Gasteiger partial charge in [-0.3, -0.25) is 9.69 Å². The molecular weight excluding hydrogens is 326 g/mol. The summed E-state index contributed by atoms with van der Waals surface area (Å²) >= 11 is 0. The minimum absolute atomic E-state index is 0.204. The summed E-state index contributed by atoms with van der Waals surface area (Å²) in [6.07, 6.45) is -4.18. The average molecular weight is 341 g/mol. The molecule has 1 aliphatic heterocycles. The first-order chi connectivity index (χ1) is 11.2. The number of halogens is 4. The number of rotatable bonds is 2. The van der Waals surface area contributed by atoms with Crippen LogP contribution < -0.4 is 5.56 Å². The Labute approximate surface area is 135 Å². The fraction of sp³-hybridized carbons (Fsp3) is 0.375. The Morgan fingerprint density at radius 3 is 2.79 bits per heavy atom. The van der Waals surface area contributed by atoms with E-state index in [9.17, 15) is 22.4 Å². The lowest BCUT2D eigenvalue weighted by Gasteiger charge is -2.27. The summed E-state index contributed by atoms with van der Waals surface area (Å²) in [5, 5.41) is 0. The van der Waals surface area contributed by atoms with Crippen molar-refractivity contribution in [3.8, 4) is 0 Å². The molecule has 0 radical (unpaired) electrons. The van der Waals surface area contributed by atoms with Gasteiger partial charge in [-0.05, 0) is 24.6 Å². The van der Waals surface area contributed by atoms with E-state index in [1.54, 1.807) is 6.92 Å². The maximum Gasteiger partial charge on any atom is 0.419 e. The van der Waals surface area contributed by atoms with Gasteiger partial charge in [-0.15, -0.1) is 0 Å². The Kier molecular flexibility index (Phi) is 4.16. The second kappa shape index (κ2) is 6.01. The monoisotopic (exact) mass is 341 g/mol. The van der Waals surface area contributed by atoms with Gasteiger partial charge >= 0.3 is 6.18 Å². The molecule has 1 aromatic heterocycles. The van der Waals surface area contributed by atoms with Gasteiger partial charge in [0.2, 0.25) is 0 Å². The number of alkyl halides is 3. The first kappa shape index (κ1) is 16.6. The highest BCUT2D eigenvalue weighted by atomic mass is 19.4. The molecule has 0 aliphatic carbocycles. The van der Waals surface area contributed by atoms with Crippen molar-refractivity contribution in [2.45, 2.75) is 32.6 Å². The molecule has 3 rings (SSSR count). The van der Waals surface area contributed by atoms with Crippen molar-refractivity contribution in [2.75, 3.05) is 6.54 Å². The van der Waals surface area contributed by atoms with Gasteiger partial charge in [-0.2, -0.15) is 13.2 Å². The predicted molar refractivity (Wildman–Crippen MR) is 78.8 cm³/mol. The molecule has 1 aromatic carbocycles. The molecule has 0 atom stereocenters. The number of fused-ring (bicyclic) bond motifs is 1. The maximum atomic E-state index is 13.3. The molecule has 2 heterocycles. The maximum absolute atomic E-state index is 13.3. The summed E-state index contributed by atoms with van der Waals surface area (Å²) in [5.41, 5.74) is 0.112. The van der Waals surface area contributed by atoms with Gasteiger partial charge in [0, 0.05) is 26.1 Å². The van der Waals surface area contributed by atoms with Gasteiger partial charge in [0.05, 0.1) is 16.8 Å². The van der Waals surface area contributed by atoms with Crippen LogP contribution in [-0.4, -0.2) is 21.4 Å². The summed E-state index contributed by atoms with van der Waals surface area (Å²) in [6.45, 7) is 2.78. The third-order valence-corrected chi connectivity index (χ3v) is 4.01. The number of nitrogens with zero attached hydrogens (tertiary/aromatic N) is 2. The smallest absolute Gasteiger partial charge is 0.310 e. The minimum Gasteiger partial charge on any atom is -0.310 e. The van der Waals surface area contributed by atoms with E-state index < -0.39 is 17.6 Å². The van der Waals surface area contributed by atoms with Crippen LogP contribution in [0.3, 0.4) is 0 Å². The lowest BCUT2D eigenvalue weighted by atomic mass is 10.0. The Balaban J connectivity index is 1.82. The first-order valence-electron chi connectivity index (χ1n) is 7.40. The fourth-order valence-corrected chi connectivity index (χ4v) is 2.89. The first-order valence-corrected chi connectivity index (χ1v) is 7.40. The van der Waals surface area contributed by atoms with Crippen molar-refractivity contribution >= 4 is 0 Å². The number of H-pyrrole nitrogens is 1. The topological polar surface area (TPSA) is 49.0 Å². The zero-order valence-corrected chi connectivity index (χ0v) is 12.9. The quantitative estimate of drug-likeness (QED) is 0.855. The molecule has 0 fully saturated rings. The van der Waals surface area contributed by atoms with E-state index in [1.165, 1.54) is 6.07 Å². The van der Waals surface area contributed by atoms with Crippen LogP contribution in [0, 0.1) is 12.7 Å². The molecule has 4 nitrogen and oxygen atoms in total. The largest absolute Gasteiger partial charge is 0.419 e. The predicted octanol–water partition coefficient (Wildman–Crippen LogP) is 2.79. The molecule has 8 heteroatoms. The highest BCUT2D eigenvalue weighted by molar-refractivity contribution is 5.28. The van der Waals surface area contributed by atoms with Crippen LogP contribution in [0.1, 0.15) is 28.2 Å². The molecule has 0 bridgehead atoms. The molecule has 0 spiro atoms. The molecule has 0 saturated carbocycles. The van der Waals surface area contributed by atoms with Gasteiger partial charge in [0.1, 0.15) is 11.6 Å². The van der Waals surface area contributed by atoms with Crippen molar-refractivity contribution in [2.24, 2.45) is 0 Å². The second-order valence-electron chi connectivity index (χ2n) is 5.85. The summed E-state index contributed by atoms with van der Waals surface area (Å²) in [4.78, 5) is 20.8. The molecule has 0 amide bonds. The third kappa shape index (κ3) is 3.33. The third-order valence-electron chi connectivity index (χ3n) is 4.01. The van der Waals surface area contributed by atoms with Gasteiger partial charge in [-0.1, -0.05) is 6.07 Å². The summed E-state index contributed by atoms with van der Waals surface area (Å²) < 4.78 is 51.7. The average Bonchev–Trinajstić information content (AvgIpc) is 2.48. The fourth-order valence-electron chi connectivity index (χ4n) is 2.89. The summed E-state index contributed by atoms with van der Waals surface area (Å²) in [7, 11) is 0. The van der Waals surface area contributed by atoms with E-state index in [0.29, 0.717) is 36.5 Å². The van der Waals surface area contributed by atoms with Crippen molar-refractivity contribution < 1.29 is 17.6 Å². The number of aromatic nitrogens is 2. The lowest BCUT2D eigenvalue weighted by molar-refractivity contribution is -0.140. The van der Waals surface area contributed by atoms with Crippen LogP contribution in [0.2, 0.25) is 0 Å². The van der Waals surface area contributed by atoms with Gasteiger partial charge in [0.15, 0.2) is 0 Å². The number of hydrogen-bond donors (Lipinski definition) is 1. The number of hydrogen-bond acceptors (Lipinski definition) is 3. The van der Waals surface area contributed by atoms with Crippen molar-refractivity contribution in [1.82, 2.24) is 14.9 Å². The second-order valence-corrected chi connectivity index (χ2v) is 5.85. The van der Waals surface area contributed by atoms with Crippen LogP contribution in [0.5, 0.6) is 0 Å². The normalized spacial score (nSPS) is 15.4. The zero-order chi connectivity index (χ0) is 17.5. The van der Waals surface area contributed by atoms with Crippen molar-refractivity contribution in [3.63, 3.8) is 0 Å². The molecule has 1 N–H and O–H groups in total. The molecule has 2 aromatic rings. The highest BCUT2D eigenvalue weighted by Crippen LogP contribution is 2.32. The van der Waals surface area contributed by atoms with Crippen LogP contribution in [0.4, 0.5) is 17.6 Å². The van der Waals surface area contributed by atoms with Crippen LogP contribution >= 0.6 is 0 Å². The van der Waals surface area contributed by atoms with E-state index in [4.69, 9.17) is 0 Å². The van der Waals surface area contributed by atoms with E-state index in [-0.39, 0.29) is 12.1 Å². The number of aromatic amines is 1. The zero-order valence-electron chi connectivity index (χ0n) is 12.9. The molecule has 0 saturated heterocycles. The SMILES string of the molecule is Cc1nc2c(c(=O)[nH]1)CN(Cc1ccc(F)c(C(F)(F)F)c1)CC2. The Bertz CT molecular complexity index is 829. The Morgan fingerprint density at radius 1 is 1.33 bits per heavy atom. The Morgan fingerprint density at radius 2 is 2.08 bits per heavy atom. The lowest BCUT2D eigenvalue weighted by Crippen LogP contribution is -2.35. The number of aryl methyl sites for hydroxylation is 1. The van der Waals surface area contributed by atoms with E-state index in [1.807, 2.05) is 4.90 Å². The molecule has 0 unspecified atom stereocenters. The van der Waals surface area contributed by atoms with Crippen LogP contribution in [-0.2, 0) is 25.7 Å². The van der Waals surface area contributed by atoms with E-state index in [0.717, 1.165) is 17.8 Å². The van der Waals surface area contributed by atoms with Gasteiger partial charge < -0.3 is 4.98 Å². The number of benzene rings is 1. The van der Waals surface area contributed by atoms with E-state index in [2.05, 4.69) is 9.97 Å². The number of nitrogens with one attached hydrogen (secondary N) is 1. The summed E-state index contributed by atoms with van der Waals surface area (Å²) in [5.74, 6) is -0.744. The van der Waals surface area contributed by atoms with Gasteiger partial charge in [-0.25, -0.2) is 9.37 Å². The molecule has 24 heavy (non-hydrogen) atoms. The molecule has 128 valence electrons. The minimum atomic E-state index is -4.73. The van der Waals surface area contributed by atoms with Crippen LogP contribution in [0.15, 0.2) is 23.0 Å². The highest BCUT2D eigenvalue weighted by Gasteiger charge is 2.34.